The maximum atomic E-state index is 11.2. The zero-order chi connectivity index (χ0) is 13.1. The molecule has 2 rings (SSSR count). The van der Waals surface area contributed by atoms with Crippen molar-refractivity contribution < 1.29 is 9.21 Å². The van der Waals surface area contributed by atoms with E-state index in [2.05, 4.69) is 10.4 Å². The standard InChI is InChI=1S/C11H14N4O3/c1-15(10(16)14-12)5-4-7-2-3-9-8(6-7)13-11(17)18-9/h2-3,6H,4-5,12H2,1H3,(H,13,17)(H,14,16). The van der Waals surface area contributed by atoms with Gasteiger partial charge in [0, 0.05) is 13.6 Å². The highest BCUT2D eigenvalue weighted by molar-refractivity contribution is 5.73. The van der Waals surface area contributed by atoms with Crippen LogP contribution in [-0.4, -0.2) is 29.5 Å². The van der Waals surface area contributed by atoms with Gasteiger partial charge in [-0.05, 0) is 24.1 Å². The third-order valence-electron chi connectivity index (χ3n) is 2.69. The van der Waals surface area contributed by atoms with Crippen LogP contribution in [0.5, 0.6) is 0 Å². The Labute approximate surface area is 103 Å². The molecule has 0 fully saturated rings. The molecule has 1 aromatic heterocycles. The average Bonchev–Trinajstić information content (AvgIpc) is 2.74. The number of nitrogens with zero attached hydrogens (tertiary/aromatic N) is 1. The molecule has 0 aliphatic rings. The van der Waals surface area contributed by atoms with E-state index in [9.17, 15) is 9.59 Å². The molecule has 0 saturated heterocycles. The Bertz CT molecular complexity index is 616. The summed E-state index contributed by atoms with van der Waals surface area (Å²) in [5.74, 6) is 4.56. The highest BCUT2D eigenvalue weighted by Gasteiger charge is 2.07. The molecule has 7 heteroatoms. The summed E-state index contributed by atoms with van der Waals surface area (Å²) in [5.41, 5.74) is 4.24. The molecular weight excluding hydrogens is 236 g/mol. The number of H-pyrrole nitrogens is 1. The number of fused-ring (bicyclic) bond motifs is 1. The molecule has 0 aliphatic heterocycles. The number of hydrazine groups is 1. The summed E-state index contributed by atoms with van der Waals surface area (Å²) in [4.78, 5) is 26.2. The molecule has 7 nitrogen and oxygen atoms in total. The van der Waals surface area contributed by atoms with Gasteiger partial charge >= 0.3 is 11.8 Å². The van der Waals surface area contributed by atoms with Crippen LogP contribution in [0.15, 0.2) is 27.4 Å². The van der Waals surface area contributed by atoms with E-state index in [1.165, 1.54) is 4.90 Å². The Morgan fingerprint density at radius 2 is 2.33 bits per heavy atom. The summed E-state index contributed by atoms with van der Waals surface area (Å²) >= 11 is 0. The molecule has 1 aromatic carbocycles. The lowest BCUT2D eigenvalue weighted by atomic mass is 10.1. The van der Waals surface area contributed by atoms with Crippen LogP contribution in [0.25, 0.3) is 11.1 Å². The summed E-state index contributed by atoms with van der Waals surface area (Å²) < 4.78 is 4.90. The number of urea groups is 1. The molecule has 0 saturated carbocycles. The van der Waals surface area contributed by atoms with E-state index in [0.717, 1.165) is 5.56 Å². The first-order valence-electron chi connectivity index (χ1n) is 5.43. The Balaban J connectivity index is 2.08. The van der Waals surface area contributed by atoms with Gasteiger partial charge in [-0.15, -0.1) is 0 Å². The summed E-state index contributed by atoms with van der Waals surface area (Å²) in [6, 6.07) is 5.07. The minimum atomic E-state index is -0.471. The van der Waals surface area contributed by atoms with Crippen LogP contribution in [0, 0.1) is 0 Å². The number of rotatable bonds is 3. The first kappa shape index (κ1) is 12.2. The van der Waals surface area contributed by atoms with Crippen LogP contribution < -0.4 is 17.0 Å². The zero-order valence-corrected chi connectivity index (χ0v) is 9.90. The van der Waals surface area contributed by atoms with Gasteiger partial charge in [-0.1, -0.05) is 6.07 Å². The fraction of sp³-hybridized carbons (Fsp3) is 0.273. The molecule has 18 heavy (non-hydrogen) atoms. The molecule has 0 spiro atoms. The van der Waals surface area contributed by atoms with Gasteiger partial charge in [-0.25, -0.2) is 15.4 Å². The number of nitrogens with one attached hydrogen (secondary N) is 2. The molecule has 0 bridgehead atoms. The lowest BCUT2D eigenvalue weighted by molar-refractivity contribution is 0.209. The number of likely N-dealkylation sites (N-methyl/N-ethyl adjacent to an activating group) is 1. The summed E-state index contributed by atoms with van der Waals surface area (Å²) in [5, 5.41) is 0. The highest BCUT2D eigenvalue weighted by atomic mass is 16.4. The molecule has 0 unspecified atom stereocenters. The summed E-state index contributed by atoms with van der Waals surface area (Å²) in [6.45, 7) is 0.524. The van der Waals surface area contributed by atoms with Crippen LogP contribution in [-0.2, 0) is 6.42 Å². The van der Waals surface area contributed by atoms with Crippen LogP contribution >= 0.6 is 0 Å². The fourth-order valence-corrected chi connectivity index (χ4v) is 1.66. The topological polar surface area (TPSA) is 104 Å². The number of carbonyl (C=O) groups is 1. The van der Waals surface area contributed by atoms with Crippen molar-refractivity contribution >= 4 is 17.1 Å². The van der Waals surface area contributed by atoms with Gasteiger partial charge in [-0.3, -0.25) is 10.4 Å². The molecule has 0 radical (unpaired) electrons. The minimum absolute atomic E-state index is 0.340. The Morgan fingerprint density at radius 1 is 1.56 bits per heavy atom. The first-order valence-corrected chi connectivity index (χ1v) is 5.43. The van der Waals surface area contributed by atoms with Crippen LogP contribution in [0.3, 0.4) is 0 Å². The number of hydrogen-bond acceptors (Lipinski definition) is 4. The second-order valence-electron chi connectivity index (χ2n) is 3.97. The van der Waals surface area contributed by atoms with Gasteiger partial charge in [0.25, 0.3) is 0 Å². The summed E-state index contributed by atoms with van der Waals surface area (Å²) in [6.07, 6.45) is 0.660. The lowest BCUT2D eigenvalue weighted by Gasteiger charge is -2.15. The number of nitrogens with two attached hydrogens (primary N) is 1. The first-order chi connectivity index (χ1) is 8.60. The largest absolute Gasteiger partial charge is 0.417 e. The van der Waals surface area contributed by atoms with Crippen LogP contribution in [0.1, 0.15) is 5.56 Å². The minimum Gasteiger partial charge on any atom is -0.408 e. The molecule has 0 atom stereocenters. The number of amides is 2. The van der Waals surface area contributed by atoms with Crippen molar-refractivity contribution in [1.29, 1.82) is 0 Å². The van der Waals surface area contributed by atoms with Gasteiger partial charge in [0.2, 0.25) is 0 Å². The van der Waals surface area contributed by atoms with Crippen LogP contribution in [0.4, 0.5) is 4.79 Å². The van der Waals surface area contributed by atoms with Gasteiger partial charge in [-0.2, -0.15) is 0 Å². The van der Waals surface area contributed by atoms with Crippen molar-refractivity contribution in [2.24, 2.45) is 5.84 Å². The Hall–Kier alpha value is -2.28. The summed E-state index contributed by atoms with van der Waals surface area (Å²) in [7, 11) is 1.65. The predicted molar refractivity (Wildman–Crippen MR) is 65.9 cm³/mol. The van der Waals surface area contributed by atoms with E-state index in [-0.39, 0.29) is 6.03 Å². The second-order valence-corrected chi connectivity index (χ2v) is 3.97. The molecule has 4 N–H and O–H groups in total. The van der Waals surface area contributed by atoms with Gasteiger partial charge in [0.1, 0.15) is 0 Å². The molecule has 0 aliphatic carbocycles. The van der Waals surface area contributed by atoms with Gasteiger partial charge in [0.15, 0.2) is 5.58 Å². The van der Waals surface area contributed by atoms with Crippen molar-refractivity contribution in [3.63, 3.8) is 0 Å². The van der Waals surface area contributed by atoms with Crippen molar-refractivity contribution in [2.75, 3.05) is 13.6 Å². The molecule has 1 heterocycles. The number of aromatic amines is 1. The number of oxazole rings is 1. The van der Waals surface area contributed by atoms with Gasteiger partial charge < -0.3 is 9.32 Å². The number of benzene rings is 1. The van der Waals surface area contributed by atoms with E-state index >= 15 is 0 Å². The smallest absolute Gasteiger partial charge is 0.408 e. The maximum Gasteiger partial charge on any atom is 0.417 e. The van der Waals surface area contributed by atoms with Crippen molar-refractivity contribution in [3.8, 4) is 0 Å². The molecule has 2 amide bonds. The number of hydrogen-bond donors (Lipinski definition) is 3. The highest BCUT2D eigenvalue weighted by Crippen LogP contribution is 2.12. The Morgan fingerprint density at radius 3 is 3.06 bits per heavy atom. The number of aromatic nitrogens is 1. The van der Waals surface area contributed by atoms with Crippen molar-refractivity contribution in [2.45, 2.75) is 6.42 Å². The van der Waals surface area contributed by atoms with E-state index in [0.29, 0.717) is 24.1 Å². The molecule has 96 valence electrons. The maximum absolute atomic E-state index is 11.2. The van der Waals surface area contributed by atoms with Crippen molar-refractivity contribution in [1.82, 2.24) is 15.3 Å². The average molecular weight is 250 g/mol. The Kier molecular flexibility index (Phi) is 3.33. The van der Waals surface area contributed by atoms with E-state index in [4.69, 9.17) is 10.3 Å². The zero-order valence-electron chi connectivity index (χ0n) is 9.90. The van der Waals surface area contributed by atoms with Crippen LogP contribution in [0.2, 0.25) is 0 Å². The number of carbonyl (C=O) groups excluding carboxylic acids is 1. The SMILES string of the molecule is CN(CCc1ccc2oc(=O)[nH]c2c1)C(=O)NN. The molecular formula is C11H14N4O3. The van der Waals surface area contributed by atoms with E-state index in [1.807, 2.05) is 12.1 Å². The normalized spacial score (nSPS) is 10.6. The van der Waals surface area contributed by atoms with Gasteiger partial charge in [0.05, 0.1) is 5.52 Å². The quantitative estimate of drug-likeness (QED) is 0.410. The van der Waals surface area contributed by atoms with E-state index in [1.54, 1.807) is 13.1 Å². The lowest BCUT2D eigenvalue weighted by Crippen LogP contribution is -2.41. The van der Waals surface area contributed by atoms with E-state index < -0.39 is 5.76 Å². The second kappa shape index (κ2) is 4.92. The molecule has 2 aromatic rings. The predicted octanol–water partition coefficient (Wildman–Crippen LogP) is 0.179. The monoisotopic (exact) mass is 250 g/mol. The third-order valence-corrected chi connectivity index (χ3v) is 2.69. The van der Waals surface area contributed by atoms with Crippen molar-refractivity contribution in [3.05, 3.63) is 34.3 Å². The third kappa shape index (κ3) is 2.51. The fourth-order valence-electron chi connectivity index (χ4n) is 1.66.